The molecular weight excluding hydrogens is 337 g/mol. The van der Waals surface area contributed by atoms with Crippen LogP contribution in [-0.4, -0.2) is 17.7 Å². The van der Waals surface area contributed by atoms with Gasteiger partial charge in [0.1, 0.15) is 11.5 Å². The molecule has 3 amide bonds. The lowest BCUT2D eigenvalue weighted by atomic mass is 10.1. The number of nitrogens with one attached hydrogen (secondary N) is 3. The van der Waals surface area contributed by atoms with Crippen LogP contribution in [0.2, 0.25) is 0 Å². The SMILES string of the molecule is CC(=O)N/C(=C\c1ccccc1)C(=O)NNC(=O)Cc1ccc(F)cc1. The summed E-state index contributed by atoms with van der Waals surface area (Å²) in [6.45, 7) is 1.28. The topological polar surface area (TPSA) is 87.3 Å². The molecule has 0 saturated carbocycles. The first-order valence-corrected chi connectivity index (χ1v) is 7.82. The second-order valence-electron chi connectivity index (χ2n) is 5.46. The molecule has 0 atom stereocenters. The van der Waals surface area contributed by atoms with Gasteiger partial charge in [-0.05, 0) is 29.3 Å². The van der Waals surface area contributed by atoms with Crippen molar-refractivity contribution in [1.82, 2.24) is 16.2 Å². The maximum absolute atomic E-state index is 12.9. The Balaban J connectivity index is 1.98. The minimum absolute atomic E-state index is 0.00854. The molecule has 2 aromatic carbocycles. The van der Waals surface area contributed by atoms with Gasteiger partial charge in [0, 0.05) is 6.92 Å². The fraction of sp³-hybridized carbons (Fsp3) is 0.105. The van der Waals surface area contributed by atoms with Crippen LogP contribution in [-0.2, 0) is 20.8 Å². The van der Waals surface area contributed by atoms with Gasteiger partial charge in [0.05, 0.1) is 6.42 Å². The zero-order valence-corrected chi connectivity index (χ0v) is 14.1. The van der Waals surface area contributed by atoms with Crippen molar-refractivity contribution in [3.8, 4) is 0 Å². The minimum Gasteiger partial charge on any atom is -0.322 e. The molecule has 0 unspecified atom stereocenters. The summed E-state index contributed by atoms with van der Waals surface area (Å²) in [5, 5.41) is 2.42. The molecule has 0 spiro atoms. The maximum atomic E-state index is 12.9. The average molecular weight is 355 g/mol. The highest BCUT2D eigenvalue weighted by atomic mass is 19.1. The van der Waals surface area contributed by atoms with Gasteiger partial charge in [0.25, 0.3) is 5.91 Å². The highest BCUT2D eigenvalue weighted by molar-refractivity contribution is 6.01. The Morgan fingerprint density at radius 1 is 0.962 bits per heavy atom. The van der Waals surface area contributed by atoms with E-state index in [4.69, 9.17) is 0 Å². The van der Waals surface area contributed by atoms with Crippen molar-refractivity contribution in [2.24, 2.45) is 0 Å². The highest BCUT2D eigenvalue weighted by Crippen LogP contribution is 2.05. The summed E-state index contributed by atoms with van der Waals surface area (Å²) in [5.74, 6) is -1.96. The average Bonchev–Trinajstić information content (AvgIpc) is 2.61. The number of amides is 3. The fourth-order valence-electron chi connectivity index (χ4n) is 2.09. The Morgan fingerprint density at radius 2 is 1.62 bits per heavy atom. The van der Waals surface area contributed by atoms with Crippen LogP contribution >= 0.6 is 0 Å². The molecule has 0 bridgehead atoms. The molecule has 134 valence electrons. The Hall–Kier alpha value is -3.48. The van der Waals surface area contributed by atoms with Crippen LogP contribution in [0.1, 0.15) is 18.1 Å². The predicted molar refractivity (Wildman–Crippen MR) is 94.6 cm³/mol. The largest absolute Gasteiger partial charge is 0.322 e. The lowest BCUT2D eigenvalue weighted by Crippen LogP contribution is -2.45. The molecular formula is C19H18FN3O3. The van der Waals surface area contributed by atoms with E-state index in [1.54, 1.807) is 24.3 Å². The summed E-state index contributed by atoms with van der Waals surface area (Å²) < 4.78 is 12.9. The second kappa shape index (κ2) is 9.12. The number of carbonyl (C=O) groups is 3. The number of halogens is 1. The predicted octanol–water partition coefficient (Wildman–Crippen LogP) is 1.69. The van der Waals surface area contributed by atoms with Gasteiger partial charge in [-0.3, -0.25) is 25.2 Å². The van der Waals surface area contributed by atoms with Gasteiger partial charge in [-0.15, -0.1) is 0 Å². The van der Waals surface area contributed by atoms with Crippen molar-refractivity contribution in [3.05, 3.63) is 77.2 Å². The van der Waals surface area contributed by atoms with Crippen molar-refractivity contribution in [3.63, 3.8) is 0 Å². The highest BCUT2D eigenvalue weighted by Gasteiger charge is 2.12. The number of carbonyl (C=O) groups excluding carboxylic acids is 3. The quantitative estimate of drug-likeness (QED) is 0.563. The smallest absolute Gasteiger partial charge is 0.286 e. The van der Waals surface area contributed by atoms with Crippen molar-refractivity contribution in [2.75, 3.05) is 0 Å². The van der Waals surface area contributed by atoms with E-state index in [1.165, 1.54) is 37.3 Å². The molecule has 6 nitrogen and oxygen atoms in total. The van der Waals surface area contributed by atoms with Gasteiger partial charge < -0.3 is 5.32 Å². The third-order valence-corrected chi connectivity index (χ3v) is 3.26. The van der Waals surface area contributed by atoms with Crippen LogP contribution < -0.4 is 16.2 Å². The van der Waals surface area contributed by atoms with Crippen LogP contribution in [0.15, 0.2) is 60.3 Å². The first-order chi connectivity index (χ1) is 12.4. The molecule has 7 heteroatoms. The molecule has 0 aliphatic heterocycles. The summed E-state index contributed by atoms with van der Waals surface area (Å²) in [5.41, 5.74) is 5.81. The number of hydrogen-bond donors (Lipinski definition) is 3. The lowest BCUT2D eigenvalue weighted by Gasteiger charge is -2.11. The van der Waals surface area contributed by atoms with Crippen molar-refractivity contribution >= 4 is 23.8 Å². The summed E-state index contributed by atoms with van der Waals surface area (Å²) >= 11 is 0. The van der Waals surface area contributed by atoms with Gasteiger partial charge in [0.15, 0.2) is 0 Å². The molecule has 0 aliphatic rings. The molecule has 0 aromatic heterocycles. The van der Waals surface area contributed by atoms with Crippen LogP contribution in [0.4, 0.5) is 4.39 Å². The molecule has 0 aliphatic carbocycles. The summed E-state index contributed by atoms with van der Waals surface area (Å²) in [7, 11) is 0. The number of hydrazine groups is 1. The van der Waals surface area contributed by atoms with Gasteiger partial charge in [-0.1, -0.05) is 42.5 Å². The van der Waals surface area contributed by atoms with Crippen LogP contribution in [0.25, 0.3) is 6.08 Å². The van der Waals surface area contributed by atoms with E-state index in [0.29, 0.717) is 11.1 Å². The Bertz CT molecular complexity index is 818. The van der Waals surface area contributed by atoms with E-state index in [0.717, 1.165) is 0 Å². The molecule has 2 aromatic rings. The molecule has 0 saturated heterocycles. The minimum atomic E-state index is -0.670. The monoisotopic (exact) mass is 355 g/mol. The normalized spacial score (nSPS) is 10.8. The van der Waals surface area contributed by atoms with Gasteiger partial charge in [0.2, 0.25) is 11.8 Å². The van der Waals surface area contributed by atoms with Crippen LogP contribution in [0, 0.1) is 5.82 Å². The third-order valence-electron chi connectivity index (χ3n) is 3.26. The summed E-state index contributed by atoms with van der Waals surface area (Å²) in [6, 6.07) is 14.4. The van der Waals surface area contributed by atoms with Crippen LogP contribution in [0.3, 0.4) is 0 Å². The third kappa shape index (κ3) is 6.20. The van der Waals surface area contributed by atoms with E-state index in [1.807, 2.05) is 6.07 Å². The molecule has 2 rings (SSSR count). The molecule has 3 N–H and O–H groups in total. The van der Waals surface area contributed by atoms with Crippen molar-refractivity contribution < 1.29 is 18.8 Å². The van der Waals surface area contributed by atoms with E-state index in [9.17, 15) is 18.8 Å². The van der Waals surface area contributed by atoms with Crippen molar-refractivity contribution in [2.45, 2.75) is 13.3 Å². The first kappa shape index (κ1) is 18.9. The lowest BCUT2D eigenvalue weighted by molar-refractivity contribution is -0.127. The summed E-state index contributed by atoms with van der Waals surface area (Å²) in [4.78, 5) is 35.4. The van der Waals surface area contributed by atoms with Gasteiger partial charge >= 0.3 is 0 Å². The van der Waals surface area contributed by atoms with Crippen LogP contribution in [0.5, 0.6) is 0 Å². The standard InChI is InChI=1S/C19H18FN3O3/c1-13(24)21-17(11-14-5-3-2-4-6-14)19(26)23-22-18(25)12-15-7-9-16(20)10-8-15/h2-11H,12H2,1H3,(H,21,24)(H,22,25)(H,23,26)/b17-11-. The maximum Gasteiger partial charge on any atom is 0.286 e. The van der Waals surface area contributed by atoms with Gasteiger partial charge in [-0.2, -0.15) is 0 Å². The zero-order chi connectivity index (χ0) is 18.9. The molecule has 0 fully saturated rings. The second-order valence-corrected chi connectivity index (χ2v) is 5.46. The van der Waals surface area contributed by atoms with E-state index < -0.39 is 23.5 Å². The van der Waals surface area contributed by atoms with E-state index in [-0.39, 0.29) is 12.1 Å². The van der Waals surface area contributed by atoms with E-state index in [2.05, 4.69) is 16.2 Å². The Morgan fingerprint density at radius 3 is 2.23 bits per heavy atom. The summed E-state index contributed by atoms with van der Waals surface area (Å²) in [6.07, 6.45) is 1.46. The number of rotatable bonds is 5. The van der Waals surface area contributed by atoms with Gasteiger partial charge in [-0.25, -0.2) is 4.39 Å². The zero-order valence-electron chi connectivity index (χ0n) is 14.1. The number of hydrogen-bond acceptors (Lipinski definition) is 3. The molecule has 0 heterocycles. The Labute approximate surface area is 150 Å². The molecule has 26 heavy (non-hydrogen) atoms. The Kier molecular flexibility index (Phi) is 6.61. The van der Waals surface area contributed by atoms with Crippen molar-refractivity contribution in [1.29, 1.82) is 0 Å². The van der Waals surface area contributed by atoms with E-state index >= 15 is 0 Å². The first-order valence-electron chi connectivity index (χ1n) is 7.82. The molecule has 0 radical (unpaired) electrons. The fourth-order valence-corrected chi connectivity index (χ4v) is 2.09. The number of benzene rings is 2.